The highest BCUT2D eigenvalue weighted by molar-refractivity contribution is 7.89. The van der Waals surface area contributed by atoms with Crippen LogP contribution in [-0.2, 0) is 10.0 Å². The first-order valence-electron chi connectivity index (χ1n) is 10.6. The van der Waals surface area contributed by atoms with Crippen LogP contribution in [0.1, 0.15) is 56.6 Å². The molecule has 8 heteroatoms. The van der Waals surface area contributed by atoms with E-state index in [0.29, 0.717) is 17.4 Å². The third-order valence-electron chi connectivity index (χ3n) is 6.72. The molecule has 4 rings (SSSR count). The quantitative estimate of drug-likeness (QED) is 0.766. The van der Waals surface area contributed by atoms with Crippen LogP contribution in [0.3, 0.4) is 0 Å². The van der Waals surface area contributed by atoms with Gasteiger partial charge in [0.25, 0.3) is 0 Å². The second-order valence-electron chi connectivity index (χ2n) is 8.83. The lowest BCUT2D eigenvalue weighted by molar-refractivity contribution is 0.180. The highest BCUT2D eigenvalue weighted by atomic mass is 32.2. The third-order valence-corrected chi connectivity index (χ3v) is 7.66. The first-order valence-corrected chi connectivity index (χ1v) is 12.4. The molecule has 1 saturated heterocycles. The van der Waals surface area contributed by atoms with Crippen molar-refractivity contribution in [2.45, 2.75) is 50.9 Å². The smallest absolute Gasteiger partial charge is 0.209 e. The SMILES string of the molecule is NS(=O)(=O)CC1CCC(CCN2CCC(c3noc4ccc(F)cc34)CC2)CC1. The summed E-state index contributed by atoms with van der Waals surface area (Å²) in [6.45, 7) is 3.13. The summed E-state index contributed by atoms with van der Waals surface area (Å²) < 4.78 is 41.5. The highest BCUT2D eigenvalue weighted by Gasteiger charge is 2.27. The van der Waals surface area contributed by atoms with Gasteiger partial charge in [0.05, 0.1) is 11.4 Å². The second kappa shape index (κ2) is 8.70. The van der Waals surface area contributed by atoms with Gasteiger partial charge in [-0.05, 0) is 81.8 Å². The fourth-order valence-electron chi connectivity index (χ4n) is 5.03. The Morgan fingerprint density at radius 1 is 1.10 bits per heavy atom. The molecule has 2 fully saturated rings. The van der Waals surface area contributed by atoms with Gasteiger partial charge in [-0.3, -0.25) is 0 Å². The molecule has 6 nitrogen and oxygen atoms in total. The van der Waals surface area contributed by atoms with Crippen molar-refractivity contribution >= 4 is 21.0 Å². The standard InChI is InChI=1S/C21H30FN3O3S/c22-18-5-6-20-19(13-18)21(24-28-20)17-8-11-25(12-9-17)10-7-15-1-3-16(4-2-15)14-29(23,26)27/h5-6,13,15-17H,1-4,7-12,14H2,(H2,23,26,27). The highest BCUT2D eigenvalue weighted by Crippen LogP contribution is 2.34. The van der Waals surface area contributed by atoms with Crippen molar-refractivity contribution < 1.29 is 17.3 Å². The Morgan fingerprint density at radius 2 is 1.79 bits per heavy atom. The third kappa shape index (κ3) is 5.35. The number of fused-ring (bicyclic) bond motifs is 1. The summed E-state index contributed by atoms with van der Waals surface area (Å²) in [6, 6.07) is 4.58. The molecule has 1 aliphatic heterocycles. The van der Waals surface area contributed by atoms with E-state index in [1.165, 1.54) is 18.6 Å². The lowest BCUT2D eigenvalue weighted by Crippen LogP contribution is -2.35. The molecule has 1 saturated carbocycles. The molecule has 2 N–H and O–H groups in total. The van der Waals surface area contributed by atoms with Gasteiger partial charge < -0.3 is 9.42 Å². The van der Waals surface area contributed by atoms with Crippen molar-refractivity contribution in [2.24, 2.45) is 17.0 Å². The molecular weight excluding hydrogens is 393 g/mol. The summed E-state index contributed by atoms with van der Waals surface area (Å²) in [5, 5.41) is 10.2. The van der Waals surface area contributed by atoms with Crippen LogP contribution in [0, 0.1) is 17.7 Å². The van der Waals surface area contributed by atoms with E-state index in [2.05, 4.69) is 10.1 Å². The largest absolute Gasteiger partial charge is 0.356 e. The predicted octanol–water partition coefficient (Wildman–Crippen LogP) is 3.63. The summed E-state index contributed by atoms with van der Waals surface area (Å²) in [4.78, 5) is 2.51. The zero-order chi connectivity index (χ0) is 20.4. The molecule has 0 unspecified atom stereocenters. The van der Waals surface area contributed by atoms with Gasteiger partial charge in [0.2, 0.25) is 10.0 Å². The summed E-state index contributed by atoms with van der Waals surface area (Å²) in [6.07, 6.45) is 7.35. The van der Waals surface area contributed by atoms with Crippen LogP contribution in [0.2, 0.25) is 0 Å². The molecule has 2 aromatic rings. The first kappa shape index (κ1) is 20.8. The van der Waals surface area contributed by atoms with Crippen LogP contribution in [0.25, 0.3) is 11.0 Å². The maximum Gasteiger partial charge on any atom is 0.209 e. The van der Waals surface area contributed by atoms with Crippen LogP contribution >= 0.6 is 0 Å². The number of hydrogen-bond acceptors (Lipinski definition) is 5. The molecule has 1 aromatic heterocycles. The van der Waals surface area contributed by atoms with Crippen molar-refractivity contribution in [1.82, 2.24) is 10.1 Å². The zero-order valence-electron chi connectivity index (χ0n) is 16.7. The lowest BCUT2D eigenvalue weighted by atomic mass is 9.81. The van der Waals surface area contributed by atoms with E-state index in [0.717, 1.165) is 69.2 Å². The number of likely N-dealkylation sites (tertiary alicyclic amines) is 1. The Bertz CT molecular complexity index is 930. The summed E-state index contributed by atoms with van der Waals surface area (Å²) >= 11 is 0. The average Bonchev–Trinajstić information content (AvgIpc) is 3.10. The number of halogens is 1. The summed E-state index contributed by atoms with van der Waals surface area (Å²) in [7, 11) is -3.35. The molecule has 2 aliphatic rings. The average molecular weight is 424 g/mol. The Morgan fingerprint density at radius 3 is 2.48 bits per heavy atom. The van der Waals surface area contributed by atoms with Gasteiger partial charge >= 0.3 is 0 Å². The van der Waals surface area contributed by atoms with Crippen molar-refractivity contribution in [2.75, 3.05) is 25.4 Å². The molecule has 0 atom stereocenters. The number of rotatable bonds is 6. The fourth-order valence-corrected chi connectivity index (χ4v) is 6.02. The van der Waals surface area contributed by atoms with Gasteiger partial charge in [0.15, 0.2) is 5.58 Å². The monoisotopic (exact) mass is 423 g/mol. The number of sulfonamides is 1. The van der Waals surface area contributed by atoms with Crippen LogP contribution in [0.5, 0.6) is 0 Å². The van der Waals surface area contributed by atoms with E-state index in [-0.39, 0.29) is 17.5 Å². The van der Waals surface area contributed by atoms with Gasteiger partial charge in [-0.25, -0.2) is 17.9 Å². The maximum atomic E-state index is 13.6. The van der Waals surface area contributed by atoms with Crippen molar-refractivity contribution in [3.8, 4) is 0 Å². The number of nitrogens with zero attached hydrogens (tertiary/aromatic N) is 2. The van der Waals surface area contributed by atoms with E-state index >= 15 is 0 Å². The minimum absolute atomic E-state index is 0.133. The molecule has 29 heavy (non-hydrogen) atoms. The minimum Gasteiger partial charge on any atom is -0.356 e. The van der Waals surface area contributed by atoms with Gasteiger partial charge in [-0.1, -0.05) is 18.0 Å². The van der Waals surface area contributed by atoms with Crippen molar-refractivity contribution in [3.63, 3.8) is 0 Å². The molecule has 1 aromatic carbocycles. The molecular formula is C21H30FN3O3S. The minimum atomic E-state index is -3.35. The number of nitrogens with two attached hydrogens (primary N) is 1. The Kier molecular flexibility index (Phi) is 6.22. The normalized spacial score (nSPS) is 24.9. The molecule has 0 radical (unpaired) electrons. The van der Waals surface area contributed by atoms with Crippen LogP contribution in [0.15, 0.2) is 22.7 Å². The first-order chi connectivity index (χ1) is 13.9. The van der Waals surface area contributed by atoms with Gasteiger partial charge in [0, 0.05) is 11.3 Å². The van der Waals surface area contributed by atoms with E-state index in [1.54, 1.807) is 6.07 Å². The second-order valence-corrected chi connectivity index (χ2v) is 10.5. The van der Waals surface area contributed by atoms with Crippen LogP contribution in [0.4, 0.5) is 4.39 Å². The predicted molar refractivity (Wildman–Crippen MR) is 110 cm³/mol. The summed E-state index contributed by atoms with van der Waals surface area (Å²) in [5.74, 6) is 1.13. The Balaban J connectivity index is 1.22. The fraction of sp³-hybridized carbons (Fsp3) is 0.667. The molecule has 0 spiro atoms. The molecule has 160 valence electrons. The van der Waals surface area contributed by atoms with Crippen LogP contribution < -0.4 is 5.14 Å². The van der Waals surface area contributed by atoms with Crippen molar-refractivity contribution in [3.05, 3.63) is 29.7 Å². The zero-order valence-corrected chi connectivity index (χ0v) is 17.5. The molecule has 0 bridgehead atoms. The van der Waals surface area contributed by atoms with Crippen LogP contribution in [-0.4, -0.2) is 43.9 Å². The molecule has 0 amide bonds. The molecule has 2 heterocycles. The van der Waals surface area contributed by atoms with Gasteiger partial charge in [-0.2, -0.15) is 0 Å². The Labute approximate surface area is 171 Å². The number of benzene rings is 1. The summed E-state index contributed by atoms with van der Waals surface area (Å²) in [5.41, 5.74) is 1.55. The lowest BCUT2D eigenvalue weighted by Gasteiger charge is -2.33. The van der Waals surface area contributed by atoms with E-state index < -0.39 is 10.0 Å². The van der Waals surface area contributed by atoms with E-state index in [9.17, 15) is 12.8 Å². The van der Waals surface area contributed by atoms with Crippen molar-refractivity contribution in [1.29, 1.82) is 0 Å². The Hall–Kier alpha value is -1.51. The number of primary sulfonamides is 1. The number of aromatic nitrogens is 1. The van der Waals surface area contributed by atoms with E-state index in [1.807, 2.05) is 0 Å². The topological polar surface area (TPSA) is 89.4 Å². The van der Waals surface area contributed by atoms with Gasteiger partial charge in [-0.15, -0.1) is 0 Å². The van der Waals surface area contributed by atoms with Gasteiger partial charge in [0.1, 0.15) is 5.82 Å². The number of piperidine rings is 1. The number of hydrogen-bond donors (Lipinski definition) is 1. The van der Waals surface area contributed by atoms with E-state index in [4.69, 9.17) is 9.66 Å². The maximum absolute atomic E-state index is 13.6. The molecule has 1 aliphatic carbocycles.